The monoisotopic (exact) mass is 170 g/mol. The SMILES string of the molecule is CCC(C)C1CCC(C)C(O)C1. The first-order valence-corrected chi connectivity index (χ1v) is 5.33. The fraction of sp³-hybridized carbons (Fsp3) is 1.00. The van der Waals surface area contributed by atoms with E-state index in [-0.39, 0.29) is 6.10 Å². The minimum atomic E-state index is -0.0299. The first-order chi connectivity index (χ1) is 5.65. The molecule has 0 aromatic heterocycles. The fourth-order valence-electron chi connectivity index (χ4n) is 2.18. The van der Waals surface area contributed by atoms with E-state index in [0.717, 1.165) is 18.3 Å². The molecule has 1 rings (SSSR count). The highest BCUT2D eigenvalue weighted by atomic mass is 16.3. The largest absolute Gasteiger partial charge is 0.393 e. The van der Waals surface area contributed by atoms with Crippen molar-refractivity contribution < 1.29 is 5.11 Å². The molecule has 0 aliphatic heterocycles. The molecule has 12 heavy (non-hydrogen) atoms. The van der Waals surface area contributed by atoms with Crippen molar-refractivity contribution in [2.24, 2.45) is 17.8 Å². The third kappa shape index (κ3) is 2.22. The lowest BCUT2D eigenvalue weighted by Gasteiger charge is -2.34. The third-order valence-electron chi connectivity index (χ3n) is 3.64. The van der Waals surface area contributed by atoms with Crippen molar-refractivity contribution in [3.63, 3.8) is 0 Å². The Morgan fingerprint density at radius 3 is 2.58 bits per heavy atom. The van der Waals surface area contributed by atoms with Crippen LogP contribution in [-0.2, 0) is 0 Å². The van der Waals surface area contributed by atoms with E-state index in [0.29, 0.717) is 5.92 Å². The second kappa shape index (κ2) is 4.27. The zero-order valence-corrected chi connectivity index (χ0v) is 8.59. The van der Waals surface area contributed by atoms with Crippen molar-refractivity contribution in [2.75, 3.05) is 0 Å². The van der Waals surface area contributed by atoms with Crippen molar-refractivity contribution in [1.82, 2.24) is 0 Å². The average Bonchev–Trinajstić information content (AvgIpc) is 2.08. The predicted octanol–water partition coefficient (Wildman–Crippen LogP) is 2.83. The molecular formula is C11H22O. The van der Waals surface area contributed by atoms with Crippen molar-refractivity contribution in [1.29, 1.82) is 0 Å². The van der Waals surface area contributed by atoms with Gasteiger partial charge >= 0.3 is 0 Å². The molecule has 0 saturated heterocycles. The molecule has 0 radical (unpaired) electrons. The summed E-state index contributed by atoms with van der Waals surface area (Å²) in [7, 11) is 0. The fourth-order valence-corrected chi connectivity index (χ4v) is 2.18. The van der Waals surface area contributed by atoms with Crippen LogP contribution in [0.4, 0.5) is 0 Å². The maximum Gasteiger partial charge on any atom is 0.0568 e. The summed E-state index contributed by atoms with van der Waals surface area (Å²) in [5.74, 6) is 2.11. The van der Waals surface area contributed by atoms with Gasteiger partial charge in [-0.2, -0.15) is 0 Å². The molecule has 0 bridgehead atoms. The maximum atomic E-state index is 9.69. The van der Waals surface area contributed by atoms with E-state index in [1.165, 1.54) is 19.3 Å². The number of hydrogen-bond acceptors (Lipinski definition) is 1. The van der Waals surface area contributed by atoms with Gasteiger partial charge in [0.1, 0.15) is 0 Å². The van der Waals surface area contributed by atoms with Crippen molar-refractivity contribution >= 4 is 0 Å². The van der Waals surface area contributed by atoms with Crippen LogP contribution in [0.15, 0.2) is 0 Å². The first-order valence-electron chi connectivity index (χ1n) is 5.33. The van der Waals surface area contributed by atoms with Gasteiger partial charge in [0.25, 0.3) is 0 Å². The van der Waals surface area contributed by atoms with Crippen LogP contribution in [0.3, 0.4) is 0 Å². The molecule has 4 unspecified atom stereocenters. The summed E-state index contributed by atoms with van der Waals surface area (Å²) in [5.41, 5.74) is 0. The summed E-state index contributed by atoms with van der Waals surface area (Å²) in [6, 6.07) is 0. The van der Waals surface area contributed by atoms with Gasteiger partial charge in [-0.25, -0.2) is 0 Å². The number of aliphatic hydroxyl groups is 1. The van der Waals surface area contributed by atoms with E-state index < -0.39 is 0 Å². The summed E-state index contributed by atoms with van der Waals surface area (Å²) < 4.78 is 0. The van der Waals surface area contributed by atoms with Crippen molar-refractivity contribution in [3.8, 4) is 0 Å². The molecule has 1 heteroatoms. The van der Waals surface area contributed by atoms with Gasteiger partial charge < -0.3 is 5.11 Å². The third-order valence-corrected chi connectivity index (χ3v) is 3.64. The minimum absolute atomic E-state index is 0.0299. The normalized spacial score (nSPS) is 39.5. The van der Waals surface area contributed by atoms with Gasteiger partial charge in [0, 0.05) is 0 Å². The summed E-state index contributed by atoms with van der Waals surface area (Å²) in [6.45, 7) is 6.72. The molecule has 1 aliphatic carbocycles. The van der Waals surface area contributed by atoms with Crippen molar-refractivity contribution in [2.45, 2.75) is 52.6 Å². The lowest BCUT2D eigenvalue weighted by Crippen LogP contribution is -2.30. The second-order valence-corrected chi connectivity index (χ2v) is 4.50. The molecule has 4 atom stereocenters. The van der Waals surface area contributed by atoms with E-state index in [2.05, 4.69) is 20.8 Å². The van der Waals surface area contributed by atoms with Gasteiger partial charge in [-0.1, -0.05) is 27.2 Å². The molecule has 1 saturated carbocycles. The van der Waals surface area contributed by atoms with Gasteiger partial charge in [-0.05, 0) is 37.0 Å². The Labute approximate surface area is 76.2 Å². The van der Waals surface area contributed by atoms with Gasteiger partial charge in [0.05, 0.1) is 6.10 Å². The van der Waals surface area contributed by atoms with Gasteiger partial charge in [-0.3, -0.25) is 0 Å². The number of hydrogen-bond donors (Lipinski definition) is 1. The van der Waals surface area contributed by atoms with Crippen LogP contribution < -0.4 is 0 Å². The summed E-state index contributed by atoms with van der Waals surface area (Å²) >= 11 is 0. The van der Waals surface area contributed by atoms with Gasteiger partial charge in [0.15, 0.2) is 0 Å². The van der Waals surface area contributed by atoms with E-state index in [9.17, 15) is 5.11 Å². The minimum Gasteiger partial charge on any atom is -0.393 e. The van der Waals surface area contributed by atoms with Crippen LogP contribution >= 0.6 is 0 Å². The van der Waals surface area contributed by atoms with Crippen LogP contribution in [0.1, 0.15) is 46.5 Å². The van der Waals surface area contributed by atoms with Crippen LogP contribution in [0.5, 0.6) is 0 Å². The highest BCUT2D eigenvalue weighted by Gasteiger charge is 2.28. The molecule has 0 amide bonds. The molecule has 1 fully saturated rings. The zero-order chi connectivity index (χ0) is 9.14. The lowest BCUT2D eigenvalue weighted by atomic mass is 9.75. The zero-order valence-electron chi connectivity index (χ0n) is 8.59. The first kappa shape index (κ1) is 10.0. The van der Waals surface area contributed by atoms with E-state index in [1.807, 2.05) is 0 Å². The molecule has 1 N–H and O–H groups in total. The average molecular weight is 170 g/mol. The lowest BCUT2D eigenvalue weighted by molar-refractivity contribution is 0.0381. The standard InChI is InChI=1S/C11H22O/c1-4-8(2)10-6-5-9(3)11(12)7-10/h8-12H,4-7H2,1-3H3. The predicted molar refractivity (Wildman–Crippen MR) is 52.0 cm³/mol. The smallest absolute Gasteiger partial charge is 0.0568 e. The Balaban J connectivity index is 2.39. The van der Waals surface area contributed by atoms with E-state index in [1.54, 1.807) is 0 Å². The molecule has 72 valence electrons. The molecule has 0 aromatic carbocycles. The maximum absolute atomic E-state index is 9.69. The van der Waals surface area contributed by atoms with Crippen LogP contribution in [0, 0.1) is 17.8 Å². The molecule has 0 aromatic rings. The Kier molecular flexibility index (Phi) is 3.57. The van der Waals surface area contributed by atoms with Crippen molar-refractivity contribution in [3.05, 3.63) is 0 Å². The van der Waals surface area contributed by atoms with Gasteiger partial charge in [-0.15, -0.1) is 0 Å². The van der Waals surface area contributed by atoms with Crippen LogP contribution in [0.25, 0.3) is 0 Å². The molecular weight excluding hydrogens is 148 g/mol. The Bertz CT molecular complexity index is 133. The highest BCUT2D eigenvalue weighted by molar-refractivity contribution is 4.79. The highest BCUT2D eigenvalue weighted by Crippen LogP contribution is 2.34. The van der Waals surface area contributed by atoms with Crippen LogP contribution in [0.2, 0.25) is 0 Å². The summed E-state index contributed by atoms with van der Waals surface area (Å²) in [6.07, 6.45) is 4.81. The summed E-state index contributed by atoms with van der Waals surface area (Å²) in [4.78, 5) is 0. The van der Waals surface area contributed by atoms with Crippen LogP contribution in [-0.4, -0.2) is 11.2 Å². The Hall–Kier alpha value is -0.0400. The topological polar surface area (TPSA) is 20.2 Å². The second-order valence-electron chi connectivity index (χ2n) is 4.50. The number of aliphatic hydroxyl groups excluding tert-OH is 1. The summed E-state index contributed by atoms with van der Waals surface area (Å²) in [5, 5.41) is 9.69. The van der Waals surface area contributed by atoms with E-state index >= 15 is 0 Å². The molecule has 0 heterocycles. The van der Waals surface area contributed by atoms with Gasteiger partial charge in [0.2, 0.25) is 0 Å². The Morgan fingerprint density at radius 1 is 1.42 bits per heavy atom. The molecule has 1 nitrogen and oxygen atoms in total. The number of rotatable bonds is 2. The molecule has 1 aliphatic rings. The quantitative estimate of drug-likeness (QED) is 0.675. The Morgan fingerprint density at radius 2 is 2.08 bits per heavy atom. The molecule has 0 spiro atoms. The van der Waals surface area contributed by atoms with E-state index in [4.69, 9.17) is 0 Å².